The van der Waals surface area contributed by atoms with Gasteiger partial charge in [-0.3, -0.25) is 0 Å². The first-order chi connectivity index (χ1) is 10.1. The zero-order valence-corrected chi connectivity index (χ0v) is 13.3. The van der Waals surface area contributed by atoms with Crippen molar-refractivity contribution in [3.05, 3.63) is 22.0 Å². The van der Waals surface area contributed by atoms with Gasteiger partial charge in [0.1, 0.15) is 23.9 Å². The highest BCUT2D eigenvalue weighted by atomic mass is 32.2. The van der Waals surface area contributed by atoms with Crippen LogP contribution in [0.2, 0.25) is 0 Å². The molecule has 8 nitrogen and oxygen atoms in total. The first-order valence-corrected chi connectivity index (χ1v) is 7.79. The van der Waals surface area contributed by atoms with Crippen molar-refractivity contribution < 1.29 is 8.98 Å². The predicted octanol–water partition coefficient (Wildman–Crippen LogP) is 3.18. The molecule has 0 radical (unpaired) electrons. The normalized spacial score (nSPS) is 10.8. The number of carbonyl (C=O) groups excluding carboxylic acids is 1. The van der Waals surface area contributed by atoms with E-state index < -0.39 is 5.97 Å². The maximum absolute atomic E-state index is 11.5. The molecule has 2 N–H and O–H groups in total. The lowest BCUT2D eigenvalue weighted by Crippen LogP contribution is -2.00. The standard InChI is InChI=1S/C10H8N6O2S3/c1-4-6(3-11)8(20-16-4)15-14-7-5(2)13-9(19-7)10(17)18-21-12/h12H2,1-2H3/b15-14+. The molecule has 0 spiro atoms. The summed E-state index contributed by atoms with van der Waals surface area (Å²) in [5.74, 6) is -0.636. The van der Waals surface area contributed by atoms with Gasteiger partial charge in [0, 0.05) is 0 Å². The van der Waals surface area contributed by atoms with E-state index in [1.165, 1.54) is 0 Å². The molecule has 2 aromatic rings. The quantitative estimate of drug-likeness (QED) is 0.514. The second kappa shape index (κ2) is 6.72. The second-order valence-electron chi connectivity index (χ2n) is 3.64. The summed E-state index contributed by atoms with van der Waals surface area (Å²) in [5, 5.41) is 23.1. The highest BCUT2D eigenvalue weighted by molar-refractivity contribution is 7.92. The van der Waals surface area contributed by atoms with Crippen molar-refractivity contribution in [3.63, 3.8) is 0 Å². The van der Waals surface area contributed by atoms with Gasteiger partial charge in [-0.2, -0.15) is 9.64 Å². The Morgan fingerprint density at radius 3 is 2.76 bits per heavy atom. The minimum Gasteiger partial charge on any atom is -0.369 e. The van der Waals surface area contributed by atoms with Gasteiger partial charge in [0.25, 0.3) is 0 Å². The molecule has 0 aliphatic heterocycles. The number of nitrogens with zero attached hydrogens (tertiary/aromatic N) is 5. The van der Waals surface area contributed by atoms with Crippen LogP contribution in [0.5, 0.6) is 0 Å². The molecule has 11 heteroatoms. The number of aromatic nitrogens is 2. The zero-order valence-electron chi connectivity index (χ0n) is 10.9. The predicted molar refractivity (Wildman–Crippen MR) is 79.8 cm³/mol. The molecule has 0 aliphatic carbocycles. The summed E-state index contributed by atoms with van der Waals surface area (Å²) in [4.78, 5) is 15.5. The van der Waals surface area contributed by atoms with E-state index in [-0.39, 0.29) is 5.01 Å². The van der Waals surface area contributed by atoms with Crippen LogP contribution in [0, 0.1) is 25.2 Å². The van der Waals surface area contributed by atoms with Crippen molar-refractivity contribution >= 4 is 51.1 Å². The number of hydrogen-bond donors (Lipinski definition) is 1. The summed E-state index contributed by atoms with van der Waals surface area (Å²) in [6.07, 6.45) is 0. The van der Waals surface area contributed by atoms with E-state index >= 15 is 0 Å². The minimum absolute atomic E-state index is 0.139. The van der Waals surface area contributed by atoms with Gasteiger partial charge in [0.2, 0.25) is 5.01 Å². The molecule has 108 valence electrons. The Hall–Kier alpha value is -1.87. The fraction of sp³-hybridized carbons (Fsp3) is 0.200. The van der Waals surface area contributed by atoms with Gasteiger partial charge in [-0.05, 0) is 25.4 Å². The van der Waals surface area contributed by atoms with Gasteiger partial charge in [-0.15, -0.1) is 10.2 Å². The maximum Gasteiger partial charge on any atom is 0.380 e. The summed E-state index contributed by atoms with van der Waals surface area (Å²) in [6.45, 7) is 3.42. The first kappa shape index (κ1) is 15.5. The van der Waals surface area contributed by atoms with Crippen LogP contribution in [0.4, 0.5) is 10.0 Å². The van der Waals surface area contributed by atoms with Gasteiger partial charge < -0.3 is 4.18 Å². The number of hydrogen-bond acceptors (Lipinski definition) is 11. The molecule has 0 bridgehead atoms. The summed E-state index contributed by atoms with van der Waals surface area (Å²) < 4.78 is 8.62. The number of nitriles is 1. The fourth-order valence-corrected chi connectivity index (χ4v) is 2.95. The average molecular weight is 340 g/mol. The number of nitrogens with two attached hydrogens (primary N) is 1. The summed E-state index contributed by atoms with van der Waals surface area (Å²) >= 11 is 2.58. The van der Waals surface area contributed by atoms with Gasteiger partial charge in [-0.25, -0.2) is 14.9 Å². The van der Waals surface area contributed by atoms with Crippen molar-refractivity contribution in [1.82, 2.24) is 9.36 Å². The van der Waals surface area contributed by atoms with Gasteiger partial charge >= 0.3 is 5.97 Å². The van der Waals surface area contributed by atoms with E-state index in [1.807, 2.05) is 6.07 Å². The van der Waals surface area contributed by atoms with Crippen molar-refractivity contribution in [3.8, 4) is 6.07 Å². The molecule has 0 amide bonds. The number of thiazole rings is 1. The van der Waals surface area contributed by atoms with Crippen LogP contribution in [0.1, 0.15) is 26.8 Å². The monoisotopic (exact) mass is 340 g/mol. The lowest BCUT2D eigenvalue weighted by atomic mass is 10.3. The van der Waals surface area contributed by atoms with E-state index in [0.717, 1.165) is 22.9 Å². The van der Waals surface area contributed by atoms with Gasteiger partial charge in [0.15, 0.2) is 10.0 Å². The molecule has 0 saturated carbocycles. The molecular weight excluding hydrogens is 332 g/mol. The highest BCUT2D eigenvalue weighted by Gasteiger charge is 2.16. The Morgan fingerprint density at radius 2 is 2.10 bits per heavy atom. The van der Waals surface area contributed by atoms with Crippen LogP contribution in [-0.2, 0) is 4.18 Å². The van der Waals surface area contributed by atoms with Crippen molar-refractivity contribution in [2.24, 2.45) is 15.4 Å². The van der Waals surface area contributed by atoms with Crippen LogP contribution in [0.3, 0.4) is 0 Å². The van der Waals surface area contributed by atoms with Crippen LogP contribution in [0.15, 0.2) is 10.2 Å². The van der Waals surface area contributed by atoms with Crippen LogP contribution >= 0.6 is 35.1 Å². The molecule has 2 rings (SSSR count). The van der Waals surface area contributed by atoms with Gasteiger partial charge in [0.05, 0.1) is 11.4 Å². The largest absolute Gasteiger partial charge is 0.380 e. The number of carbonyl (C=O) groups is 1. The molecular formula is C10H8N6O2S3. The van der Waals surface area contributed by atoms with E-state index in [1.54, 1.807) is 13.8 Å². The molecule has 0 aliphatic rings. The Bertz CT molecular complexity index is 745. The molecule has 21 heavy (non-hydrogen) atoms. The van der Waals surface area contributed by atoms with Crippen molar-refractivity contribution in [2.45, 2.75) is 13.8 Å². The Balaban J connectivity index is 2.26. The average Bonchev–Trinajstić information content (AvgIpc) is 3.00. The molecule has 0 saturated heterocycles. The van der Waals surface area contributed by atoms with E-state index in [2.05, 4.69) is 23.8 Å². The highest BCUT2D eigenvalue weighted by Crippen LogP contribution is 2.32. The first-order valence-electron chi connectivity index (χ1n) is 5.40. The van der Waals surface area contributed by atoms with E-state index in [4.69, 9.17) is 10.4 Å². The fourth-order valence-electron chi connectivity index (χ4n) is 1.29. The molecule has 2 heterocycles. The zero-order chi connectivity index (χ0) is 15.4. The lowest BCUT2D eigenvalue weighted by Gasteiger charge is -1.91. The second-order valence-corrected chi connectivity index (χ2v) is 5.73. The van der Waals surface area contributed by atoms with Crippen LogP contribution in [-0.4, -0.2) is 15.3 Å². The minimum atomic E-state index is -0.636. The van der Waals surface area contributed by atoms with Crippen molar-refractivity contribution in [2.75, 3.05) is 0 Å². The van der Waals surface area contributed by atoms with Crippen LogP contribution < -0.4 is 5.14 Å². The molecule has 0 aromatic carbocycles. The third kappa shape index (κ3) is 3.42. The summed E-state index contributed by atoms with van der Waals surface area (Å²) in [7, 11) is 0. The van der Waals surface area contributed by atoms with E-state index in [0.29, 0.717) is 39.2 Å². The lowest BCUT2D eigenvalue weighted by molar-refractivity contribution is 0.0767. The van der Waals surface area contributed by atoms with Crippen LogP contribution in [0.25, 0.3) is 0 Å². The topological polar surface area (TPSA) is 127 Å². The summed E-state index contributed by atoms with van der Waals surface area (Å²) in [6, 6.07) is 2.03. The third-order valence-electron chi connectivity index (χ3n) is 2.26. The van der Waals surface area contributed by atoms with Crippen molar-refractivity contribution in [1.29, 1.82) is 5.26 Å². The molecule has 0 unspecified atom stereocenters. The number of rotatable bonds is 4. The Labute approximate surface area is 132 Å². The number of aryl methyl sites for hydroxylation is 2. The maximum atomic E-state index is 11.5. The molecule has 0 atom stereocenters. The molecule has 2 aromatic heterocycles. The van der Waals surface area contributed by atoms with Gasteiger partial charge in [-0.1, -0.05) is 11.3 Å². The van der Waals surface area contributed by atoms with E-state index in [9.17, 15) is 4.79 Å². The SMILES string of the molecule is Cc1nc(C(=O)OSN)sc1/N=N/c1snc(C)c1C#N. The summed E-state index contributed by atoms with van der Waals surface area (Å²) in [5.41, 5.74) is 1.55. The molecule has 0 fully saturated rings. The third-order valence-corrected chi connectivity index (χ3v) is 4.35. The Kier molecular flexibility index (Phi) is 4.97. The Morgan fingerprint density at radius 1 is 1.38 bits per heavy atom. The smallest absolute Gasteiger partial charge is 0.369 e. The number of azo groups is 1.